The van der Waals surface area contributed by atoms with Crippen LogP contribution in [0.4, 0.5) is 0 Å². The van der Waals surface area contributed by atoms with E-state index in [1.54, 1.807) is 0 Å². The number of aliphatic hydroxyl groups excluding tert-OH is 1. The SMILES string of the molecule is CCCCCCCCCCCCCCCCCCC(C[N+](C)(C)C)OP(=O)(O)OC[C@@H](CO)OC(C)=O. The van der Waals surface area contributed by atoms with Crippen LogP contribution in [0.3, 0.4) is 0 Å². The molecule has 9 heteroatoms. The fraction of sp³-hybridized carbons (Fsp3) is 0.964. The molecule has 0 aliphatic heterocycles. The third kappa shape index (κ3) is 25.5. The van der Waals surface area contributed by atoms with Crippen molar-refractivity contribution in [3.63, 3.8) is 0 Å². The minimum absolute atomic E-state index is 0.403. The molecule has 0 saturated heterocycles. The average molecular weight is 553 g/mol. The topological polar surface area (TPSA) is 102 Å². The number of carbonyl (C=O) groups excluding carboxylic acids is 1. The van der Waals surface area contributed by atoms with E-state index >= 15 is 0 Å². The number of carbonyl (C=O) groups is 1. The number of esters is 1. The van der Waals surface area contributed by atoms with Crippen molar-refractivity contribution in [2.75, 3.05) is 40.9 Å². The Hall–Kier alpha value is -0.500. The van der Waals surface area contributed by atoms with E-state index < -0.39 is 39.2 Å². The van der Waals surface area contributed by atoms with Gasteiger partial charge in [-0.25, -0.2) is 4.57 Å². The molecule has 3 atom stereocenters. The van der Waals surface area contributed by atoms with Gasteiger partial charge in [-0.3, -0.25) is 13.8 Å². The number of ether oxygens (including phenoxy) is 1. The summed E-state index contributed by atoms with van der Waals surface area (Å²) in [6.45, 7) is 3.13. The van der Waals surface area contributed by atoms with Gasteiger partial charge in [-0.1, -0.05) is 110 Å². The Balaban J connectivity index is 4.04. The highest BCUT2D eigenvalue weighted by molar-refractivity contribution is 7.47. The van der Waals surface area contributed by atoms with E-state index in [1.807, 2.05) is 21.1 Å². The summed E-state index contributed by atoms with van der Waals surface area (Å²) in [5, 5.41) is 9.24. The Kier molecular flexibility index (Phi) is 22.0. The molecular formula is C28H59NO7P+. The second kappa shape index (κ2) is 22.3. The van der Waals surface area contributed by atoms with Crippen LogP contribution in [0, 0.1) is 0 Å². The first kappa shape index (κ1) is 36.5. The van der Waals surface area contributed by atoms with Crippen molar-refractivity contribution >= 4 is 13.8 Å². The average Bonchev–Trinajstić information content (AvgIpc) is 2.80. The molecule has 0 rings (SSSR count). The highest BCUT2D eigenvalue weighted by Gasteiger charge is 2.31. The second-order valence-electron chi connectivity index (χ2n) is 11.5. The Morgan fingerprint density at radius 2 is 1.22 bits per heavy atom. The standard InChI is InChI=1S/C28H58NO7P/c1-6-7-8-9-10-11-12-13-14-15-16-17-18-19-20-21-22-27(23-29(3,4)5)36-37(32,33)34-25-28(24-30)35-26(2)31/h27-28,30H,6-25H2,1-5H3/p+1/t27?,28-/m1/s1. The first-order chi connectivity index (χ1) is 17.5. The smallest absolute Gasteiger partial charge is 0.458 e. The van der Waals surface area contributed by atoms with E-state index in [0.29, 0.717) is 17.4 Å². The molecule has 37 heavy (non-hydrogen) atoms. The van der Waals surface area contributed by atoms with E-state index in [4.69, 9.17) is 13.8 Å². The van der Waals surface area contributed by atoms with Crippen LogP contribution in [0.25, 0.3) is 0 Å². The number of quaternary nitrogens is 1. The van der Waals surface area contributed by atoms with E-state index in [1.165, 1.54) is 96.8 Å². The molecule has 0 saturated carbocycles. The van der Waals surface area contributed by atoms with Crippen LogP contribution < -0.4 is 0 Å². The predicted octanol–water partition coefficient (Wildman–Crippen LogP) is 6.77. The highest BCUT2D eigenvalue weighted by atomic mass is 31.2. The fourth-order valence-corrected chi connectivity index (χ4v) is 5.43. The number of unbranched alkanes of at least 4 members (excludes halogenated alkanes) is 15. The van der Waals surface area contributed by atoms with Gasteiger partial charge in [0.1, 0.15) is 18.8 Å². The zero-order valence-corrected chi connectivity index (χ0v) is 25.5. The van der Waals surface area contributed by atoms with Gasteiger partial charge >= 0.3 is 13.8 Å². The predicted molar refractivity (Wildman–Crippen MR) is 150 cm³/mol. The first-order valence-corrected chi connectivity index (χ1v) is 16.2. The van der Waals surface area contributed by atoms with E-state index in [0.717, 1.165) is 12.8 Å². The third-order valence-corrected chi connectivity index (χ3v) is 7.41. The van der Waals surface area contributed by atoms with Crippen LogP contribution in [0.2, 0.25) is 0 Å². The molecule has 0 aliphatic carbocycles. The molecule has 0 heterocycles. The quantitative estimate of drug-likeness (QED) is 0.0528. The van der Waals surface area contributed by atoms with Crippen molar-refractivity contribution in [1.29, 1.82) is 0 Å². The maximum Gasteiger partial charge on any atom is 0.472 e. The molecule has 2 unspecified atom stereocenters. The molecule has 2 N–H and O–H groups in total. The van der Waals surface area contributed by atoms with Crippen molar-refractivity contribution in [2.45, 2.75) is 135 Å². The third-order valence-electron chi connectivity index (χ3n) is 6.37. The molecular weight excluding hydrogens is 493 g/mol. The van der Waals surface area contributed by atoms with Gasteiger partial charge in [0.2, 0.25) is 0 Å². The van der Waals surface area contributed by atoms with Crippen molar-refractivity contribution in [2.24, 2.45) is 0 Å². The van der Waals surface area contributed by atoms with Crippen LogP contribution >= 0.6 is 7.82 Å². The van der Waals surface area contributed by atoms with Gasteiger partial charge in [0.15, 0.2) is 0 Å². The van der Waals surface area contributed by atoms with Gasteiger partial charge in [0.25, 0.3) is 0 Å². The summed E-state index contributed by atoms with van der Waals surface area (Å²) in [4.78, 5) is 21.2. The summed E-state index contributed by atoms with van der Waals surface area (Å²) in [7, 11) is 1.68. The van der Waals surface area contributed by atoms with Crippen LogP contribution in [-0.4, -0.2) is 73.6 Å². The summed E-state index contributed by atoms with van der Waals surface area (Å²) in [5.74, 6) is -0.595. The molecule has 0 aliphatic rings. The van der Waals surface area contributed by atoms with Crippen LogP contribution in [-0.2, 0) is 23.1 Å². The Labute approximate surface area is 227 Å². The maximum atomic E-state index is 12.5. The number of nitrogens with zero attached hydrogens (tertiary/aromatic N) is 1. The van der Waals surface area contributed by atoms with Crippen molar-refractivity contribution in [1.82, 2.24) is 0 Å². The lowest BCUT2D eigenvalue weighted by Gasteiger charge is -2.30. The Morgan fingerprint density at radius 1 is 0.784 bits per heavy atom. The van der Waals surface area contributed by atoms with Gasteiger partial charge in [-0.15, -0.1) is 0 Å². The minimum Gasteiger partial charge on any atom is -0.458 e. The van der Waals surface area contributed by atoms with Gasteiger partial charge in [-0.2, -0.15) is 0 Å². The molecule has 0 aromatic rings. The zero-order valence-electron chi connectivity index (χ0n) is 24.6. The molecule has 222 valence electrons. The van der Waals surface area contributed by atoms with Gasteiger partial charge in [0, 0.05) is 6.92 Å². The molecule has 0 bridgehead atoms. The fourth-order valence-electron chi connectivity index (χ4n) is 4.46. The van der Waals surface area contributed by atoms with Gasteiger partial charge in [-0.05, 0) is 6.42 Å². The Morgan fingerprint density at radius 3 is 1.59 bits per heavy atom. The van der Waals surface area contributed by atoms with Crippen molar-refractivity contribution < 1.29 is 37.6 Å². The Bertz CT molecular complexity index is 598. The maximum absolute atomic E-state index is 12.5. The summed E-state index contributed by atoms with van der Waals surface area (Å²) in [6.07, 6.45) is 20.1. The number of phosphoric ester groups is 1. The number of rotatable bonds is 26. The van der Waals surface area contributed by atoms with E-state index in [2.05, 4.69) is 6.92 Å². The molecule has 0 spiro atoms. The number of aliphatic hydroxyl groups is 1. The number of hydrogen-bond acceptors (Lipinski definition) is 6. The molecule has 0 radical (unpaired) electrons. The first-order valence-electron chi connectivity index (χ1n) is 14.7. The molecule has 0 aromatic carbocycles. The van der Waals surface area contributed by atoms with Crippen molar-refractivity contribution in [3.8, 4) is 0 Å². The lowest BCUT2D eigenvalue weighted by molar-refractivity contribution is -0.873. The molecule has 8 nitrogen and oxygen atoms in total. The molecule has 0 fully saturated rings. The lowest BCUT2D eigenvalue weighted by Crippen LogP contribution is -2.42. The molecule has 0 aromatic heterocycles. The summed E-state index contributed by atoms with van der Waals surface area (Å²) < 4.78 is 28.4. The summed E-state index contributed by atoms with van der Waals surface area (Å²) in [5.41, 5.74) is 0. The number of phosphoric acid groups is 1. The van der Waals surface area contributed by atoms with Crippen molar-refractivity contribution in [3.05, 3.63) is 0 Å². The monoisotopic (exact) mass is 552 g/mol. The summed E-state index contributed by atoms with van der Waals surface area (Å²) >= 11 is 0. The van der Waals surface area contributed by atoms with Gasteiger partial charge < -0.3 is 19.2 Å². The zero-order chi connectivity index (χ0) is 28.0. The highest BCUT2D eigenvalue weighted by Crippen LogP contribution is 2.45. The lowest BCUT2D eigenvalue weighted by atomic mass is 10.0. The second-order valence-corrected chi connectivity index (χ2v) is 12.9. The van der Waals surface area contributed by atoms with E-state index in [-0.39, 0.29) is 0 Å². The largest absolute Gasteiger partial charge is 0.472 e. The minimum atomic E-state index is -4.35. The normalized spacial score (nSPS) is 15.3. The van der Waals surface area contributed by atoms with E-state index in [9.17, 15) is 19.4 Å². The van der Waals surface area contributed by atoms with Crippen LogP contribution in [0.15, 0.2) is 0 Å². The van der Waals surface area contributed by atoms with Crippen LogP contribution in [0.1, 0.15) is 123 Å². The summed E-state index contributed by atoms with van der Waals surface area (Å²) in [6, 6.07) is 0. The number of likely N-dealkylation sites (N-methyl/N-ethyl adjacent to an activating group) is 1. The van der Waals surface area contributed by atoms with Crippen LogP contribution in [0.5, 0.6) is 0 Å². The van der Waals surface area contributed by atoms with Gasteiger partial charge in [0.05, 0.1) is 34.4 Å². The number of hydrogen-bond donors (Lipinski definition) is 2. The molecule has 0 amide bonds.